The molecule has 118 valence electrons. The van der Waals surface area contributed by atoms with Crippen molar-refractivity contribution in [2.24, 2.45) is 5.73 Å². The van der Waals surface area contributed by atoms with Crippen molar-refractivity contribution in [2.45, 2.75) is 12.0 Å². The summed E-state index contributed by atoms with van der Waals surface area (Å²) in [6.45, 7) is 0. The summed E-state index contributed by atoms with van der Waals surface area (Å²) in [6, 6.07) is 4.17. The molecule has 0 radical (unpaired) electrons. The van der Waals surface area contributed by atoms with Crippen molar-refractivity contribution in [3.05, 3.63) is 60.7 Å². The summed E-state index contributed by atoms with van der Waals surface area (Å²) >= 11 is 7.66. The van der Waals surface area contributed by atoms with E-state index >= 15 is 0 Å². The van der Waals surface area contributed by atoms with Crippen LogP contribution in [0.5, 0.6) is 5.75 Å². The fraction of sp³-hybridized carbons (Fsp3) is 0.133. The molecule has 2 aliphatic carbocycles. The van der Waals surface area contributed by atoms with E-state index in [0.29, 0.717) is 0 Å². The molecule has 4 nitrogen and oxygen atoms in total. The number of halogens is 4. The van der Waals surface area contributed by atoms with Crippen LogP contribution in [0.15, 0.2) is 50.1 Å². The van der Waals surface area contributed by atoms with Crippen LogP contribution in [-0.2, 0) is 0 Å². The van der Waals surface area contributed by atoms with E-state index < -0.39 is 23.5 Å². The number of carbonyl (C=O) groups is 1. The Balaban J connectivity index is 2.01. The lowest BCUT2D eigenvalue weighted by Crippen LogP contribution is -2.49. The van der Waals surface area contributed by atoms with Crippen molar-refractivity contribution in [1.82, 2.24) is 0 Å². The summed E-state index contributed by atoms with van der Waals surface area (Å²) in [5.74, 6) is -3.74. The van der Waals surface area contributed by atoms with Gasteiger partial charge in [-0.1, -0.05) is 17.3 Å². The lowest BCUT2D eigenvalue weighted by molar-refractivity contribution is -0.0915. The van der Waals surface area contributed by atoms with Crippen molar-refractivity contribution >= 4 is 40.1 Å². The largest absolute Gasteiger partial charge is 0.447 e. The third-order valence-electron chi connectivity index (χ3n) is 3.33. The number of primary amides is 1. The van der Waals surface area contributed by atoms with Gasteiger partial charge in [-0.15, -0.1) is 0 Å². The van der Waals surface area contributed by atoms with Gasteiger partial charge in [0, 0.05) is 16.2 Å². The van der Waals surface area contributed by atoms with Gasteiger partial charge in [0.1, 0.15) is 11.9 Å². The Bertz CT molecular complexity index is 881. The number of carbonyl (C=O) groups excluding carboxylic acids is 1. The number of rotatable bonds is 3. The van der Waals surface area contributed by atoms with Gasteiger partial charge in [0.05, 0.1) is 9.15 Å². The summed E-state index contributed by atoms with van der Waals surface area (Å²) in [7, 11) is 0. The molecule has 1 unspecified atom stereocenters. The van der Waals surface area contributed by atoms with Crippen LogP contribution < -0.4 is 10.5 Å². The third kappa shape index (κ3) is 2.60. The Morgan fingerprint density at radius 2 is 2.09 bits per heavy atom. The molecule has 3 rings (SSSR count). The van der Waals surface area contributed by atoms with Gasteiger partial charge in [-0.2, -0.15) is 8.78 Å². The molecular formula is C15H7ClF2INO3. The summed E-state index contributed by atoms with van der Waals surface area (Å²) in [5.41, 5.74) is 9.78. The number of allylic oxidation sites excluding steroid dienone is 1. The second kappa shape index (κ2) is 5.47. The topological polar surface area (TPSA) is 72.6 Å². The summed E-state index contributed by atoms with van der Waals surface area (Å²) in [6.07, 6.45) is -1.90. The molecule has 1 atom stereocenters. The van der Waals surface area contributed by atoms with E-state index in [-0.39, 0.29) is 31.2 Å². The first-order chi connectivity index (χ1) is 10.7. The van der Waals surface area contributed by atoms with Gasteiger partial charge in [0.15, 0.2) is 5.76 Å². The first kappa shape index (κ1) is 16.2. The number of aliphatic hydroxyl groups is 1. The minimum Gasteiger partial charge on any atom is -0.447 e. The molecule has 1 aromatic carbocycles. The van der Waals surface area contributed by atoms with Crippen LogP contribution in [-0.4, -0.2) is 23.0 Å². The number of aliphatic hydroxyl groups excluding tert-OH is 1. The SMILES string of the molecule is NC(=O)c1cc(Cl)cc(OC2=C=C=C3C(=C2I)C(O)C3(F)F)c1. The number of benzene rings is 1. The molecule has 0 saturated heterocycles. The van der Waals surface area contributed by atoms with E-state index in [0.717, 1.165) is 0 Å². The molecule has 0 aromatic heterocycles. The molecule has 1 fully saturated rings. The highest BCUT2D eigenvalue weighted by Crippen LogP contribution is 2.51. The quantitative estimate of drug-likeness (QED) is 0.550. The average Bonchev–Trinajstić information content (AvgIpc) is 2.48. The molecule has 1 saturated carbocycles. The van der Waals surface area contributed by atoms with Gasteiger partial charge in [0.25, 0.3) is 0 Å². The van der Waals surface area contributed by atoms with E-state index in [1.807, 2.05) is 0 Å². The first-order valence-corrected chi connectivity index (χ1v) is 7.68. The Kier molecular flexibility index (Phi) is 3.86. The molecule has 3 N–H and O–H groups in total. The Morgan fingerprint density at radius 1 is 1.39 bits per heavy atom. The molecule has 23 heavy (non-hydrogen) atoms. The Morgan fingerprint density at radius 3 is 2.74 bits per heavy atom. The molecule has 1 aromatic rings. The molecular weight excluding hydrogens is 443 g/mol. The predicted octanol–water partition coefficient (Wildman–Crippen LogP) is 3.09. The van der Waals surface area contributed by atoms with E-state index in [1.165, 1.54) is 18.2 Å². The van der Waals surface area contributed by atoms with Crippen molar-refractivity contribution in [3.63, 3.8) is 0 Å². The maximum Gasteiger partial charge on any atom is 0.310 e. The summed E-state index contributed by atoms with van der Waals surface area (Å²) < 4.78 is 32.7. The smallest absolute Gasteiger partial charge is 0.310 e. The van der Waals surface area contributed by atoms with Gasteiger partial charge >= 0.3 is 5.92 Å². The van der Waals surface area contributed by atoms with Gasteiger partial charge in [0.2, 0.25) is 5.91 Å². The fourth-order valence-electron chi connectivity index (χ4n) is 2.19. The molecule has 2 aliphatic rings. The van der Waals surface area contributed by atoms with Gasteiger partial charge in [-0.3, -0.25) is 4.79 Å². The maximum atomic E-state index is 13.4. The summed E-state index contributed by atoms with van der Waals surface area (Å²) in [4.78, 5) is 11.2. The van der Waals surface area contributed by atoms with Gasteiger partial charge < -0.3 is 15.6 Å². The Labute approximate surface area is 147 Å². The standard InChI is InChI=1S/C15H7ClF2INO3/c16-7-3-6(14(20)22)4-8(5-7)23-10-2-1-9-11(12(10)19)13(21)15(9,17)18/h3-5,13,21H,(H2,20,22). The van der Waals surface area contributed by atoms with Crippen LogP contribution in [0.4, 0.5) is 8.78 Å². The highest BCUT2D eigenvalue weighted by atomic mass is 127. The molecule has 8 heteroatoms. The minimum absolute atomic E-state index is 0.0569. The van der Waals surface area contributed by atoms with Crippen LogP contribution in [0.3, 0.4) is 0 Å². The van der Waals surface area contributed by atoms with Crippen LogP contribution in [0.25, 0.3) is 0 Å². The minimum atomic E-state index is -3.33. The van der Waals surface area contributed by atoms with E-state index in [4.69, 9.17) is 22.1 Å². The molecule has 0 spiro atoms. The highest BCUT2D eigenvalue weighted by molar-refractivity contribution is 14.1. The summed E-state index contributed by atoms with van der Waals surface area (Å²) in [5, 5.41) is 9.76. The van der Waals surface area contributed by atoms with E-state index in [1.54, 1.807) is 22.6 Å². The van der Waals surface area contributed by atoms with Crippen LogP contribution >= 0.6 is 34.2 Å². The fourth-order valence-corrected chi connectivity index (χ4v) is 3.22. The molecule has 1 amide bonds. The van der Waals surface area contributed by atoms with Crippen LogP contribution in [0, 0.1) is 0 Å². The van der Waals surface area contributed by atoms with Crippen molar-refractivity contribution in [1.29, 1.82) is 0 Å². The van der Waals surface area contributed by atoms with E-state index in [9.17, 15) is 18.7 Å². The third-order valence-corrected chi connectivity index (χ3v) is 4.62. The van der Waals surface area contributed by atoms with Crippen molar-refractivity contribution < 1.29 is 23.4 Å². The molecule has 0 heterocycles. The lowest BCUT2D eigenvalue weighted by atomic mass is 9.77. The number of amides is 1. The zero-order valence-electron chi connectivity index (χ0n) is 11.2. The predicted molar refractivity (Wildman–Crippen MR) is 86.6 cm³/mol. The average molecular weight is 450 g/mol. The number of fused-ring (bicyclic) bond motifs is 1. The van der Waals surface area contributed by atoms with Crippen LogP contribution in [0.1, 0.15) is 10.4 Å². The highest BCUT2D eigenvalue weighted by Gasteiger charge is 2.59. The van der Waals surface area contributed by atoms with Gasteiger partial charge in [-0.05, 0) is 46.5 Å². The maximum absolute atomic E-state index is 13.4. The van der Waals surface area contributed by atoms with Crippen LogP contribution in [0.2, 0.25) is 5.02 Å². The lowest BCUT2D eigenvalue weighted by Gasteiger charge is -2.38. The first-order valence-electron chi connectivity index (χ1n) is 6.22. The molecule has 0 bridgehead atoms. The van der Waals surface area contributed by atoms with Crippen molar-refractivity contribution in [2.75, 3.05) is 0 Å². The van der Waals surface area contributed by atoms with E-state index in [2.05, 4.69) is 11.5 Å². The number of nitrogens with two attached hydrogens (primary N) is 1. The zero-order chi connectivity index (χ0) is 16.9. The monoisotopic (exact) mass is 449 g/mol. The second-order valence-electron chi connectivity index (χ2n) is 4.85. The number of hydrogen-bond acceptors (Lipinski definition) is 3. The second-order valence-corrected chi connectivity index (χ2v) is 6.36. The number of alkyl halides is 2. The zero-order valence-corrected chi connectivity index (χ0v) is 14.1. The van der Waals surface area contributed by atoms with Crippen molar-refractivity contribution in [3.8, 4) is 5.75 Å². The number of hydrogen-bond donors (Lipinski definition) is 2. The number of ether oxygens (including phenoxy) is 1. The normalized spacial score (nSPS) is 21.2. The Hall–Kier alpha value is -1.63. The molecule has 0 aliphatic heterocycles. The van der Waals surface area contributed by atoms with Gasteiger partial charge in [-0.25, -0.2) is 0 Å².